The first-order chi connectivity index (χ1) is 10.1. The van der Waals surface area contributed by atoms with Crippen LogP contribution in [0.4, 0.5) is 5.82 Å². The molecule has 0 aliphatic carbocycles. The fraction of sp³-hybridized carbons (Fsp3) is 0.125. The van der Waals surface area contributed by atoms with Crippen LogP contribution in [0.2, 0.25) is 0 Å². The number of hydrogen-bond acceptors (Lipinski definition) is 4. The Morgan fingerprint density at radius 2 is 2.14 bits per heavy atom. The van der Waals surface area contributed by atoms with E-state index in [0.29, 0.717) is 17.9 Å². The molecule has 0 saturated carbocycles. The second kappa shape index (κ2) is 5.54. The Balaban J connectivity index is 1.97. The van der Waals surface area contributed by atoms with Crippen molar-refractivity contribution in [1.29, 1.82) is 0 Å². The van der Waals surface area contributed by atoms with E-state index in [1.165, 1.54) is 0 Å². The molecule has 0 atom stereocenters. The molecule has 2 N–H and O–H groups in total. The predicted octanol–water partition coefficient (Wildman–Crippen LogP) is 3.15. The van der Waals surface area contributed by atoms with Crippen molar-refractivity contribution in [3.63, 3.8) is 0 Å². The van der Waals surface area contributed by atoms with E-state index < -0.39 is 0 Å². The van der Waals surface area contributed by atoms with Gasteiger partial charge in [0.15, 0.2) is 0 Å². The largest absolute Gasteiger partial charge is 0.384 e. The molecular formula is C16H15N3OS. The Hall–Kier alpha value is -2.40. The minimum atomic E-state index is -0.0495. The molecule has 2 heterocycles. The van der Waals surface area contributed by atoms with Crippen molar-refractivity contribution in [3.8, 4) is 0 Å². The minimum Gasteiger partial charge on any atom is -0.384 e. The molecule has 21 heavy (non-hydrogen) atoms. The van der Waals surface area contributed by atoms with E-state index in [2.05, 4.69) is 4.98 Å². The highest BCUT2D eigenvalue weighted by molar-refractivity contribution is 7.07. The zero-order chi connectivity index (χ0) is 14.8. The zero-order valence-electron chi connectivity index (χ0n) is 11.6. The highest BCUT2D eigenvalue weighted by Crippen LogP contribution is 2.21. The third kappa shape index (κ3) is 2.73. The highest BCUT2D eigenvalue weighted by Gasteiger charge is 2.16. The van der Waals surface area contributed by atoms with E-state index in [9.17, 15) is 4.79 Å². The Bertz CT molecular complexity index is 783. The van der Waals surface area contributed by atoms with Gasteiger partial charge in [0, 0.05) is 19.0 Å². The molecule has 106 valence electrons. The topological polar surface area (TPSA) is 59.2 Å². The Kier molecular flexibility index (Phi) is 3.58. The third-order valence-electron chi connectivity index (χ3n) is 3.31. The predicted molar refractivity (Wildman–Crippen MR) is 86.3 cm³/mol. The van der Waals surface area contributed by atoms with Crippen LogP contribution >= 0.6 is 11.3 Å². The quantitative estimate of drug-likeness (QED) is 0.808. The van der Waals surface area contributed by atoms with Gasteiger partial charge in [-0.3, -0.25) is 4.79 Å². The maximum absolute atomic E-state index is 12.7. The van der Waals surface area contributed by atoms with Gasteiger partial charge in [0.05, 0.1) is 11.1 Å². The number of amides is 1. The first kappa shape index (κ1) is 13.6. The fourth-order valence-corrected chi connectivity index (χ4v) is 2.97. The Morgan fingerprint density at radius 3 is 2.90 bits per heavy atom. The molecule has 0 bridgehead atoms. The number of fused-ring (bicyclic) bond motifs is 1. The summed E-state index contributed by atoms with van der Waals surface area (Å²) in [5.74, 6) is 0.312. The number of hydrogen-bond donors (Lipinski definition) is 1. The lowest BCUT2D eigenvalue weighted by molar-refractivity contribution is 0.0787. The average Bonchev–Trinajstić information content (AvgIpc) is 2.98. The van der Waals surface area contributed by atoms with Gasteiger partial charge in [-0.2, -0.15) is 11.3 Å². The summed E-state index contributed by atoms with van der Waals surface area (Å²) in [6, 6.07) is 11.2. The molecule has 0 saturated heterocycles. The standard InChI is InChI=1S/C16H15N3OS/c1-19(9-11-6-7-21-10-11)16(20)13-8-15(17)18-14-5-3-2-4-12(13)14/h2-8,10H,9H2,1H3,(H2,17,18). The summed E-state index contributed by atoms with van der Waals surface area (Å²) in [5, 5.41) is 4.88. The van der Waals surface area contributed by atoms with Gasteiger partial charge < -0.3 is 10.6 Å². The monoisotopic (exact) mass is 297 g/mol. The summed E-state index contributed by atoms with van der Waals surface area (Å²) >= 11 is 1.63. The van der Waals surface area contributed by atoms with E-state index in [-0.39, 0.29) is 5.91 Å². The molecule has 0 radical (unpaired) electrons. The third-order valence-corrected chi connectivity index (χ3v) is 4.04. The lowest BCUT2D eigenvalue weighted by Crippen LogP contribution is -2.26. The first-order valence-corrected chi connectivity index (χ1v) is 7.51. The molecule has 3 aromatic rings. The number of nitrogens with zero attached hydrogens (tertiary/aromatic N) is 2. The van der Waals surface area contributed by atoms with Crippen LogP contribution < -0.4 is 5.73 Å². The van der Waals surface area contributed by atoms with E-state index >= 15 is 0 Å². The van der Waals surface area contributed by atoms with Crippen LogP contribution in [-0.2, 0) is 6.54 Å². The number of thiophene rings is 1. The molecule has 1 aromatic carbocycles. The first-order valence-electron chi connectivity index (χ1n) is 6.57. The minimum absolute atomic E-state index is 0.0495. The molecule has 4 nitrogen and oxygen atoms in total. The molecule has 0 unspecified atom stereocenters. The summed E-state index contributed by atoms with van der Waals surface area (Å²) in [6.45, 7) is 0.582. The van der Waals surface area contributed by atoms with Gasteiger partial charge in [0.2, 0.25) is 0 Å². The smallest absolute Gasteiger partial charge is 0.254 e. The van der Waals surface area contributed by atoms with Gasteiger partial charge in [-0.15, -0.1) is 0 Å². The summed E-state index contributed by atoms with van der Waals surface area (Å²) < 4.78 is 0. The number of nitrogens with two attached hydrogens (primary N) is 1. The number of carbonyl (C=O) groups is 1. The summed E-state index contributed by atoms with van der Waals surface area (Å²) in [4.78, 5) is 18.6. The number of aromatic nitrogens is 1. The highest BCUT2D eigenvalue weighted by atomic mass is 32.1. The second-order valence-electron chi connectivity index (χ2n) is 4.90. The van der Waals surface area contributed by atoms with E-state index in [0.717, 1.165) is 16.5 Å². The molecule has 2 aromatic heterocycles. The molecule has 0 aliphatic heterocycles. The molecule has 0 spiro atoms. The normalized spacial score (nSPS) is 10.7. The van der Waals surface area contributed by atoms with E-state index in [1.54, 1.807) is 29.4 Å². The van der Waals surface area contributed by atoms with Gasteiger partial charge in [-0.1, -0.05) is 18.2 Å². The lowest BCUT2D eigenvalue weighted by atomic mass is 10.1. The molecular weight excluding hydrogens is 282 g/mol. The van der Waals surface area contributed by atoms with Gasteiger partial charge >= 0.3 is 0 Å². The van der Waals surface area contributed by atoms with E-state index in [4.69, 9.17) is 5.73 Å². The second-order valence-corrected chi connectivity index (χ2v) is 5.68. The lowest BCUT2D eigenvalue weighted by Gasteiger charge is -2.18. The van der Waals surface area contributed by atoms with Gasteiger partial charge in [0.1, 0.15) is 5.82 Å². The molecule has 5 heteroatoms. The summed E-state index contributed by atoms with van der Waals surface area (Å²) in [7, 11) is 1.80. The van der Waals surface area contributed by atoms with E-state index in [1.807, 2.05) is 41.1 Å². The van der Waals surface area contributed by atoms with Gasteiger partial charge in [0.25, 0.3) is 5.91 Å². The Morgan fingerprint density at radius 1 is 1.33 bits per heavy atom. The number of nitrogen functional groups attached to an aromatic ring is 1. The molecule has 0 aliphatic rings. The van der Waals surface area contributed by atoms with Crippen LogP contribution in [0.1, 0.15) is 15.9 Å². The summed E-state index contributed by atoms with van der Waals surface area (Å²) in [6.07, 6.45) is 0. The van der Waals surface area contributed by atoms with Crippen LogP contribution in [0.3, 0.4) is 0 Å². The number of carbonyl (C=O) groups excluding carboxylic acids is 1. The van der Waals surface area contributed by atoms with Crippen LogP contribution in [0.15, 0.2) is 47.2 Å². The number of anilines is 1. The van der Waals surface area contributed by atoms with Crippen LogP contribution in [0, 0.1) is 0 Å². The van der Waals surface area contributed by atoms with Crippen molar-refractivity contribution in [1.82, 2.24) is 9.88 Å². The van der Waals surface area contributed by atoms with Gasteiger partial charge in [-0.25, -0.2) is 4.98 Å². The fourth-order valence-electron chi connectivity index (χ4n) is 2.31. The zero-order valence-corrected chi connectivity index (χ0v) is 12.4. The van der Waals surface area contributed by atoms with Crippen LogP contribution in [0.5, 0.6) is 0 Å². The number of pyridine rings is 1. The van der Waals surface area contributed by atoms with Crippen LogP contribution in [0.25, 0.3) is 10.9 Å². The maximum Gasteiger partial charge on any atom is 0.254 e. The average molecular weight is 297 g/mol. The number of benzene rings is 1. The molecule has 3 rings (SSSR count). The van der Waals surface area contributed by atoms with Crippen molar-refractivity contribution in [2.75, 3.05) is 12.8 Å². The van der Waals surface area contributed by atoms with Crippen LogP contribution in [-0.4, -0.2) is 22.8 Å². The number of rotatable bonds is 3. The van der Waals surface area contributed by atoms with Crippen molar-refractivity contribution >= 4 is 34.0 Å². The van der Waals surface area contributed by atoms with Crippen molar-refractivity contribution in [2.24, 2.45) is 0 Å². The Labute approximate surface area is 126 Å². The maximum atomic E-state index is 12.7. The SMILES string of the molecule is CN(Cc1ccsc1)C(=O)c1cc(N)nc2ccccc12. The van der Waals surface area contributed by atoms with Crippen molar-refractivity contribution < 1.29 is 4.79 Å². The van der Waals surface area contributed by atoms with Crippen molar-refractivity contribution in [3.05, 3.63) is 58.3 Å². The van der Waals surface area contributed by atoms with Crippen molar-refractivity contribution in [2.45, 2.75) is 6.54 Å². The molecule has 0 fully saturated rings. The number of para-hydroxylation sites is 1. The molecule has 1 amide bonds. The van der Waals surface area contributed by atoms with Gasteiger partial charge in [-0.05, 0) is 34.5 Å². The summed E-state index contributed by atoms with van der Waals surface area (Å²) in [5.41, 5.74) is 8.28.